The first-order chi connectivity index (χ1) is 13.3. The van der Waals surface area contributed by atoms with Crippen LogP contribution in [-0.4, -0.2) is 31.7 Å². The molecule has 0 atom stereocenters. The number of hydrogen-bond donors (Lipinski definition) is 1. The Hall–Kier alpha value is -1.67. The van der Waals surface area contributed by atoms with E-state index in [1.807, 2.05) is 0 Å². The van der Waals surface area contributed by atoms with Gasteiger partial charge < -0.3 is 5.32 Å². The van der Waals surface area contributed by atoms with Gasteiger partial charge in [0.15, 0.2) is 0 Å². The van der Waals surface area contributed by atoms with Crippen molar-refractivity contribution < 1.29 is 17.6 Å². The molecule has 0 saturated carbocycles. The molecule has 1 N–H and O–H groups in total. The lowest BCUT2D eigenvalue weighted by Gasteiger charge is -2.30. The van der Waals surface area contributed by atoms with E-state index in [4.69, 9.17) is 23.2 Å². The zero-order valence-electron chi connectivity index (χ0n) is 14.9. The predicted molar refractivity (Wildman–Crippen MR) is 106 cm³/mol. The Balaban J connectivity index is 1.58. The van der Waals surface area contributed by atoms with Crippen molar-refractivity contribution in [3.8, 4) is 0 Å². The van der Waals surface area contributed by atoms with Gasteiger partial charge in [0.2, 0.25) is 15.9 Å². The Morgan fingerprint density at radius 2 is 1.79 bits per heavy atom. The third-order valence-corrected chi connectivity index (χ3v) is 7.40. The van der Waals surface area contributed by atoms with E-state index in [0.717, 1.165) is 0 Å². The van der Waals surface area contributed by atoms with E-state index in [1.165, 1.54) is 28.6 Å². The van der Waals surface area contributed by atoms with E-state index >= 15 is 0 Å². The molecule has 0 unspecified atom stereocenters. The van der Waals surface area contributed by atoms with Gasteiger partial charge in [0.25, 0.3) is 0 Å². The van der Waals surface area contributed by atoms with Gasteiger partial charge in [-0.15, -0.1) is 0 Å². The topological polar surface area (TPSA) is 66.5 Å². The molecule has 1 fully saturated rings. The first-order valence-electron chi connectivity index (χ1n) is 8.75. The zero-order chi connectivity index (χ0) is 20.3. The summed E-state index contributed by atoms with van der Waals surface area (Å²) in [4.78, 5) is 12.4. The normalized spacial score (nSPS) is 16.1. The van der Waals surface area contributed by atoms with E-state index in [1.54, 1.807) is 18.2 Å². The van der Waals surface area contributed by atoms with E-state index in [2.05, 4.69) is 5.32 Å². The number of nitrogens with zero attached hydrogens (tertiary/aromatic N) is 1. The molecule has 2 aromatic carbocycles. The molecule has 0 spiro atoms. The fourth-order valence-electron chi connectivity index (χ4n) is 3.11. The second-order valence-electron chi connectivity index (χ2n) is 6.56. The van der Waals surface area contributed by atoms with Crippen LogP contribution in [0.25, 0.3) is 0 Å². The summed E-state index contributed by atoms with van der Waals surface area (Å²) in [6.07, 6.45) is 0.785. The number of hydrogen-bond acceptors (Lipinski definition) is 3. The van der Waals surface area contributed by atoms with Gasteiger partial charge in [0.05, 0.1) is 14.9 Å². The summed E-state index contributed by atoms with van der Waals surface area (Å²) in [5, 5.41) is 3.18. The fraction of sp³-hybridized carbons (Fsp3) is 0.316. The highest BCUT2D eigenvalue weighted by Crippen LogP contribution is 2.29. The average Bonchev–Trinajstić information content (AvgIpc) is 2.69. The van der Waals surface area contributed by atoms with Crippen molar-refractivity contribution >= 4 is 39.1 Å². The molecule has 0 aromatic heterocycles. The lowest BCUT2D eigenvalue weighted by Crippen LogP contribution is -2.42. The molecule has 2 aromatic rings. The minimum absolute atomic E-state index is 0.0735. The van der Waals surface area contributed by atoms with Crippen LogP contribution < -0.4 is 5.32 Å². The minimum atomic E-state index is -3.70. The van der Waals surface area contributed by atoms with E-state index in [9.17, 15) is 17.6 Å². The SMILES string of the molecule is O=C(NCc1ccccc1F)C1CCN(S(=O)(=O)c2ccc(Cl)c(Cl)c2)CC1. The smallest absolute Gasteiger partial charge is 0.243 e. The molecule has 1 aliphatic rings. The number of halogens is 3. The Labute approximate surface area is 173 Å². The van der Waals surface area contributed by atoms with Crippen molar-refractivity contribution in [2.24, 2.45) is 5.92 Å². The monoisotopic (exact) mass is 444 g/mol. The van der Waals surface area contributed by atoms with E-state index in [0.29, 0.717) is 18.4 Å². The summed E-state index contributed by atoms with van der Waals surface area (Å²) >= 11 is 11.8. The van der Waals surface area contributed by atoms with Gasteiger partial charge in [-0.1, -0.05) is 41.4 Å². The number of rotatable bonds is 5. The number of sulfonamides is 1. The molecule has 1 aliphatic heterocycles. The van der Waals surface area contributed by atoms with Gasteiger partial charge >= 0.3 is 0 Å². The van der Waals surface area contributed by atoms with Crippen molar-refractivity contribution in [3.63, 3.8) is 0 Å². The molecular weight excluding hydrogens is 426 g/mol. The summed E-state index contributed by atoms with van der Waals surface area (Å²) in [7, 11) is -3.70. The van der Waals surface area contributed by atoms with Crippen molar-refractivity contribution in [2.45, 2.75) is 24.3 Å². The lowest BCUT2D eigenvalue weighted by atomic mass is 9.97. The second-order valence-corrected chi connectivity index (χ2v) is 9.32. The zero-order valence-corrected chi connectivity index (χ0v) is 17.2. The van der Waals surface area contributed by atoms with Crippen molar-refractivity contribution in [1.29, 1.82) is 0 Å². The van der Waals surface area contributed by atoms with Crippen molar-refractivity contribution in [1.82, 2.24) is 9.62 Å². The standard InChI is InChI=1S/C19H19Cl2FN2O3S/c20-16-6-5-15(11-17(16)21)28(26,27)24-9-7-13(8-10-24)19(25)23-12-14-3-1-2-4-18(14)22/h1-6,11,13H,7-10,12H2,(H,23,25). The van der Waals surface area contributed by atoms with Crippen LogP contribution in [0.15, 0.2) is 47.4 Å². The van der Waals surface area contributed by atoms with Gasteiger partial charge in [-0.05, 0) is 37.1 Å². The Morgan fingerprint density at radius 1 is 1.11 bits per heavy atom. The van der Waals surface area contributed by atoms with Crippen LogP contribution in [0.1, 0.15) is 18.4 Å². The lowest BCUT2D eigenvalue weighted by molar-refractivity contribution is -0.126. The molecule has 0 bridgehead atoms. The number of amides is 1. The van der Waals surface area contributed by atoms with Gasteiger partial charge in [0.1, 0.15) is 5.82 Å². The molecule has 0 radical (unpaired) electrons. The van der Waals surface area contributed by atoms with Crippen LogP contribution in [0.2, 0.25) is 10.0 Å². The Kier molecular flexibility index (Phi) is 6.60. The van der Waals surface area contributed by atoms with Crippen molar-refractivity contribution in [2.75, 3.05) is 13.1 Å². The molecule has 5 nitrogen and oxygen atoms in total. The summed E-state index contributed by atoms with van der Waals surface area (Å²) in [6, 6.07) is 10.4. The second kappa shape index (κ2) is 8.78. The highest BCUT2D eigenvalue weighted by Gasteiger charge is 2.32. The summed E-state index contributed by atoms with van der Waals surface area (Å²) in [5.74, 6) is -0.882. The number of carbonyl (C=O) groups excluding carboxylic acids is 1. The maximum absolute atomic E-state index is 13.6. The third-order valence-electron chi connectivity index (χ3n) is 4.76. The Morgan fingerprint density at radius 3 is 2.43 bits per heavy atom. The first kappa shape index (κ1) is 21.0. The van der Waals surface area contributed by atoms with Gasteiger partial charge in [0, 0.05) is 31.1 Å². The highest BCUT2D eigenvalue weighted by atomic mass is 35.5. The van der Waals surface area contributed by atoms with Crippen molar-refractivity contribution in [3.05, 3.63) is 63.9 Å². The van der Waals surface area contributed by atoms with Gasteiger partial charge in [-0.3, -0.25) is 4.79 Å². The average molecular weight is 445 g/mol. The number of benzene rings is 2. The third kappa shape index (κ3) is 4.66. The van der Waals surface area contributed by atoms with E-state index < -0.39 is 10.0 Å². The minimum Gasteiger partial charge on any atom is -0.352 e. The maximum atomic E-state index is 13.6. The Bertz CT molecular complexity index is 977. The van der Waals surface area contributed by atoms with E-state index in [-0.39, 0.29) is 52.2 Å². The molecule has 150 valence electrons. The molecule has 1 amide bonds. The molecule has 1 saturated heterocycles. The molecule has 28 heavy (non-hydrogen) atoms. The van der Waals surface area contributed by atoms with Crippen LogP contribution in [0.3, 0.4) is 0 Å². The van der Waals surface area contributed by atoms with Crippen LogP contribution >= 0.6 is 23.2 Å². The van der Waals surface area contributed by atoms with Gasteiger partial charge in [-0.25, -0.2) is 12.8 Å². The number of piperidine rings is 1. The predicted octanol–water partition coefficient (Wildman–Crippen LogP) is 3.85. The summed E-state index contributed by atoms with van der Waals surface area (Å²) in [5.41, 5.74) is 0.412. The number of carbonyl (C=O) groups is 1. The number of nitrogens with one attached hydrogen (secondary N) is 1. The first-order valence-corrected chi connectivity index (χ1v) is 10.9. The molecule has 3 rings (SSSR count). The summed E-state index contributed by atoms with van der Waals surface area (Å²) in [6.45, 7) is 0.550. The maximum Gasteiger partial charge on any atom is 0.243 e. The molecule has 1 heterocycles. The molecule has 9 heteroatoms. The van der Waals surface area contributed by atoms with Crippen LogP contribution in [0, 0.1) is 11.7 Å². The van der Waals surface area contributed by atoms with Crippen LogP contribution in [0.4, 0.5) is 4.39 Å². The molecule has 0 aliphatic carbocycles. The summed E-state index contributed by atoms with van der Waals surface area (Å²) < 4.78 is 40.5. The van der Waals surface area contributed by atoms with Crippen LogP contribution in [-0.2, 0) is 21.4 Å². The van der Waals surface area contributed by atoms with Gasteiger partial charge in [-0.2, -0.15) is 4.31 Å². The quantitative estimate of drug-likeness (QED) is 0.761. The highest BCUT2D eigenvalue weighted by molar-refractivity contribution is 7.89. The fourth-order valence-corrected chi connectivity index (χ4v) is 4.97. The molecular formula is C19H19Cl2FN2O3S. The van der Waals surface area contributed by atoms with Crippen LogP contribution in [0.5, 0.6) is 0 Å². The largest absolute Gasteiger partial charge is 0.352 e.